The van der Waals surface area contributed by atoms with Gasteiger partial charge in [0, 0.05) is 6.07 Å². The third kappa shape index (κ3) is 4.03. The van der Waals surface area contributed by atoms with Gasteiger partial charge in [-0.25, -0.2) is 9.18 Å². The molecular weight excluding hydrogens is 323 g/mol. The summed E-state index contributed by atoms with van der Waals surface area (Å²) in [5, 5.41) is 22.0. The van der Waals surface area contributed by atoms with Crippen LogP contribution in [0.3, 0.4) is 0 Å². The molecule has 0 aliphatic carbocycles. The van der Waals surface area contributed by atoms with Crippen molar-refractivity contribution in [3.8, 4) is 5.75 Å². The molecule has 2 aromatic carbocycles. The molecule has 0 heterocycles. The number of hydrogen-bond donors (Lipinski definition) is 2. The molecule has 0 aliphatic rings. The fourth-order valence-corrected chi connectivity index (χ4v) is 1.81. The van der Waals surface area contributed by atoms with Crippen LogP contribution in [0.5, 0.6) is 5.75 Å². The van der Waals surface area contributed by atoms with E-state index in [4.69, 9.17) is 9.84 Å². The van der Waals surface area contributed by atoms with Crippen LogP contribution in [0.2, 0.25) is 0 Å². The van der Waals surface area contributed by atoms with Gasteiger partial charge in [-0.1, -0.05) is 12.1 Å². The Morgan fingerprint density at radius 1 is 1.25 bits per heavy atom. The zero-order valence-electron chi connectivity index (χ0n) is 12.1. The number of para-hydroxylation sites is 1. The number of carboxylic acid groups (broad SMARTS) is 1. The molecule has 1 amide bonds. The second-order valence-corrected chi connectivity index (χ2v) is 4.56. The highest BCUT2D eigenvalue weighted by atomic mass is 19.1. The minimum absolute atomic E-state index is 0.0539. The van der Waals surface area contributed by atoms with Crippen molar-refractivity contribution in [1.82, 2.24) is 0 Å². The number of nitrogens with one attached hydrogen (secondary N) is 1. The Labute approximate surface area is 134 Å². The molecule has 2 aromatic rings. The molecule has 2 N–H and O–H groups in total. The molecule has 0 atom stereocenters. The van der Waals surface area contributed by atoms with Gasteiger partial charge >= 0.3 is 11.7 Å². The van der Waals surface area contributed by atoms with Crippen molar-refractivity contribution in [2.24, 2.45) is 0 Å². The maximum atomic E-state index is 13.4. The van der Waals surface area contributed by atoms with Gasteiger partial charge in [-0.2, -0.15) is 0 Å². The lowest BCUT2D eigenvalue weighted by Gasteiger charge is -2.08. The van der Waals surface area contributed by atoms with E-state index in [9.17, 15) is 24.1 Å². The minimum atomic E-state index is -1.33. The largest absolute Gasteiger partial charge is 0.478 e. The van der Waals surface area contributed by atoms with Crippen LogP contribution in [0.25, 0.3) is 0 Å². The number of carbonyl (C=O) groups is 2. The summed E-state index contributed by atoms with van der Waals surface area (Å²) in [6, 6.07) is 8.50. The zero-order valence-corrected chi connectivity index (χ0v) is 12.1. The van der Waals surface area contributed by atoms with Crippen LogP contribution in [-0.2, 0) is 4.79 Å². The number of hydrogen-bond acceptors (Lipinski definition) is 5. The molecule has 0 unspecified atom stereocenters. The van der Waals surface area contributed by atoms with Gasteiger partial charge in [-0.3, -0.25) is 14.9 Å². The average molecular weight is 334 g/mol. The van der Waals surface area contributed by atoms with Crippen LogP contribution >= 0.6 is 0 Å². The summed E-state index contributed by atoms with van der Waals surface area (Å²) in [5.41, 5.74) is -0.930. The van der Waals surface area contributed by atoms with E-state index < -0.39 is 34.9 Å². The summed E-state index contributed by atoms with van der Waals surface area (Å²) in [5.74, 6) is -2.96. The summed E-state index contributed by atoms with van der Waals surface area (Å²) in [7, 11) is 0. The van der Waals surface area contributed by atoms with Crippen molar-refractivity contribution >= 4 is 23.3 Å². The third-order valence-corrected chi connectivity index (χ3v) is 2.91. The molecule has 124 valence electrons. The first-order valence-electron chi connectivity index (χ1n) is 6.57. The van der Waals surface area contributed by atoms with Gasteiger partial charge in [0.1, 0.15) is 5.82 Å². The standard InChI is InChI=1S/C15H11FN2O6/c16-10-3-1-2-4-11(10)17-14(19)8-24-13-6-5-9(15(20)21)7-12(13)18(22)23/h1-7H,8H2,(H,17,19)(H,20,21). The van der Waals surface area contributed by atoms with Gasteiger partial charge < -0.3 is 15.2 Å². The Bertz CT molecular complexity index is 808. The van der Waals surface area contributed by atoms with Crippen molar-refractivity contribution < 1.29 is 28.7 Å². The minimum Gasteiger partial charge on any atom is -0.478 e. The number of ether oxygens (including phenoxy) is 1. The monoisotopic (exact) mass is 334 g/mol. The number of nitro groups is 1. The van der Waals surface area contributed by atoms with Crippen molar-refractivity contribution in [2.45, 2.75) is 0 Å². The molecule has 0 saturated heterocycles. The number of carbonyl (C=O) groups excluding carboxylic acids is 1. The highest BCUT2D eigenvalue weighted by Gasteiger charge is 2.19. The SMILES string of the molecule is O=C(COc1ccc(C(=O)O)cc1[N+](=O)[O-])Nc1ccccc1F. The number of nitro benzene ring substituents is 1. The molecule has 24 heavy (non-hydrogen) atoms. The molecule has 0 fully saturated rings. The smallest absolute Gasteiger partial charge is 0.335 e. The van der Waals surface area contributed by atoms with Crippen LogP contribution in [-0.4, -0.2) is 28.5 Å². The maximum absolute atomic E-state index is 13.4. The van der Waals surface area contributed by atoms with Gasteiger partial charge in [0.05, 0.1) is 16.2 Å². The average Bonchev–Trinajstić information content (AvgIpc) is 2.54. The summed E-state index contributed by atoms with van der Waals surface area (Å²) in [6.07, 6.45) is 0. The van der Waals surface area contributed by atoms with E-state index in [-0.39, 0.29) is 17.0 Å². The van der Waals surface area contributed by atoms with E-state index >= 15 is 0 Å². The summed E-state index contributed by atoms with van der Waals surface area (Å²) in [6.45, 7) is -0.610. The highest BCUT2D eigenvalue weighted by Crippen LogP contribution is 2.28. The Balaban J connectivity index is 2.08. The predicted molar refractivity (Wildman–Crippen MR) is 80.6 cm³/mol. The van der Waals surface area contributed by atoms with E-state index in [1.54, 1.807) is 0 Å². The number of anilines is 1. The second kappa shape index (κ2) is 7.18. The van der Waals surface area contributed by atoms with Gasteiger partial charge in [0.25, 0.3) is 5.91 Å². The number of nitrogens with zero attached hydrogens (tertiary/aromatic N) is 1. The van der Waals surface area contributed by atoms with Crippen LogP contribution < -0.4 is 10.1 Å². The van der Waals surface area contributed by atoms with E-state index in [0.717, 1.165) is 24.3 Å². The maximum Gasteiger partial charge on any atom is 0.335 e. The lowest BCUT2D eigenvalue weighted by atomic mass is 10.2. The predicted octanol–water partition coefficient (Wildman–Crippen LogP) is 2.45. The molecule has 2 rings (SSSR count). The van der Waals surface area contributed by atoms with Crippen LogP contribution in [0.4, 0.5) is 15.8 Å². The summed E-state index contributed by atoms with van der Waals surface area (Å²) >= 11 is 0. The summed E-state index contributed by atoms with van der Waals surface area (Å²) < 4.78 is 18.4. The zero-order chi connectivity index (χ0) is 17.7. The molecule has 0 aliphatic heterocycles. The number of aromatic carboxylic acids is 1. The third-order valence-electron chi connectivity index (χ3n) is 2.91. The first kappa shape index (κ1) is 16.9. The topological polar surface area (TPSA) is 119 Å². The van der Waals surface area contributed by atoms with E-state index in [1.165, 1.54) is 18.2 Å². The fraction of sp³-hybridized carbons (Fsp3) is 0.0667. The van der Waals surface area contributed by atoms with E-state index in [1.807, 2.05) is 0 Å². The Hall–Kier alpha value is -3.49. The normalized spacial score (nSPS) is 10.0. The highest BCUT2D eigenvalue weighted by molar-refractivity contribution is 5.92. The molecule has 0 saturated carbocycles. The van der Waals surface area contributed by atoms with Crippen LogP contribution in [0.1, 0.15) is 10.4 Å². The lowest BCUT2D eigenvalue weighted by Crippen LogP contribution is -2.21. The van der Waals surface area contributed by atoms with E-state index in [0.29, 0.717) is 0 Å². The summed E-state index contributed by atoms with van der Waals surface area (Å²) in [4.78, 5) is 32.7. The number of carboxylic acids is 1. The molecule has 0 radical (unpaired) electrons. The van der Waals surface area contributed by atoms with Gasteiger partial charge in [-0.05, 0) is 24.3 Å². The molecular formula is C15H11FN2O6. The molecule has 0 aromatic heterocycles. The number of benzene rings is 2. The number of rotatable bonds is 6. The van der Waals surface area contributed by atoms with Crippen LogP contribution in [0.15, 0.2) is 42.5 Å². The van der Waals surface area contributed by atoms with Crippen molar-refractivity contribution in [3.05, 3.63) is 64.0 Å². The molecule has 8 nitrogen and oxygen atoms in total. The quantitative estimate of drug-likeness (QED) is 0.618. The lowest BCUT2D eigenvalue weighted by molar-refractivity contribution is -0.385. The Morgan fingerprint density at radius 2 is 1.96 bits per heavy atom. The Morgan fingerprint density at radius 3 is 2.58 bits per heavy atom. The second-order valence-electron chi connectivity index (χ2n) is 4.56. The Kier molecular flexibility index (Phi) is 5.05. The van der Waals surface area contributed by atoms with Crippen molar-refractivity contribution in [2.75, 3.05) is 11.9 Å². The number of halogens is 1. The van der Waals surface area contributed by atoms with E-state index in [2.05, 4.69) is 5.32 Å². The first-order chi connectivity index (χ1) is 11.4. The number of amides is 1. The molecule has 0 spiro atoms. The first-order valence-corrected chi connectivity index (χ1v) is 6.57. The van der Waals surface area contributed by atoms with Crippen molar-refractivity contribution in [1.29, 1.82) is 0 Å². The molecule has 0 bridgehead atoms. The molecule has 9 heteroatoms. The fourth-order valence-electron chi connectivity index (χ4n) is 1.81. The van der Waals surface area contributed by atoms with Crippen LogP contribution in [0, 0.1) is 15.9 Å². The van der Waals surface area contributed by atoms with Crippen molar-refractivity contribution in [3.63, 3.8) is 0 Å². The van der Waals surface area contributed by atoms with Gasteiger partial charge in [0.2, 0.25) is 0 Å². The van der Waals surface area contributed by atoms with Gasteiger partial charge in [-0.15, -0.1) is 0 Å². The van der Waals surface area contributed by atoms with Gasteiger partial charge in [0.15, 0.2) is 12.4 Å².